The van der Waals surface area contributed by atoms with E-state index in [-0.39, 0.29) is 18.0 Å². The molecule has 1 aromatic rings. The van der Waals surface area contributed by atoms with E-state index in [1.165, 1.54) is 4.31 Å². The quantitative estimate of drug-likeness (QED) is 0.901. The van der Waals surface area contributed by atoms with Crippen molar-refractivity contribution in [3.63, 3.8) is 0 Å². The van der Waals surface area contributed by atoms with Crippen molar-refractivity contribution in [3.05, 3.63) is 29.3 Å². The maximum atomic E-state index is 12.6. The van der Waals surface area contributed by atoms with Gasteiger partial charge in [-0.15, -0.1) is 0 Å². The summed E-state index contributed by atoms with van der Waals surface area (Å²) >= 11 is 0. The van der Waals surface area contributed by atoms with E-state index in [4.69, 9.17) is 5.11 Å². The third kappa shape index (κ3) is 3.11. The van der Waals surface area contributed by atoms with Crippen molar-refractivity contribution in [1.82, 2.24) is 4.31 Å². The second-order valence-corrected chi connectivity index (χ2v) is 7.26. The molecule has 5 nitrogen and oxygen atoms in total. The standard InChI is InChI=1S/C15H21NO4S/c1-3-11-5-6-14(9-12(11)4-2)21(19,20)16-8-7-13(10-16)15(17)18/h5-6,9,13H,3-4,7-8,10H2,1-2H3,(H,17,18). The number of aliphatic carboxylic acids is 1. The average molecular weight is 311 g/mol. The highest BCUT2D eigenvalue weighted by molar-refractivity contribution is 7.89. The Hall–Kier alpha value is -1.40. The smallest absolute Gasteiger partial charge is 0.307 e. The summed E-state index contributed by atoms with van der Waals surface area (Å²) in [6, 6.07) is 5.21. The first-order valence-corrected chi connectivity index (χ1v) is 8.68. The van der Waals surface area contributed by atoms with Crippen molar-refractivity contribution in [2.24, 2.45) is 5.92 Å². The minimum absolute atomic E-state index is 0.0641. The van der Waals surface area contributed by atoms with Crippen LogP contribution in [-0.2, 0) is 27.7 Å². The van der Waals surface area contributed by atoms with Gasteiger partial charge in [-0.1, -0.05) is 19.9 Å². The second kappa shape index (κ2) is 6.15. The lowest BCUT2D eigenvalue weighted by Crippen LogP contribution is -2.30. The van der Waals surface area contributed by atoms with E-state index in [9.17, 15) is 13.2 Å². The van der Waals surface area contributed by atoms with E-state index in [0.717, 1.165) is 24.0 Å². The van der Waals surface area contributed by atoms with Gasteiger partial charge in [-0.25, -0.2) is 8.42 Å². The van der Waals surface area contributed by atoms with Gasteiger partial charge in [-0.3, -0.25) is 4.79 Å². The van der Waals surface area contributed by atoms with Gasteiger partial charge in [0.25, 0.3) is 0 Å². The minimum atomic E-state index is -3.59. The third-order valence-electron chi connectivity index (χ3n) is 4.08. The molecule has 21 heavy (non-hydrogen) atoms. The zero-order valence-corrected chi connectivity index (χ0v) is 13.2. The predicted molar refractivity (Wildman–Crippen MR) is 79.7 cm³/mol. The summed E-state index contributed by atoms with van der Waals surface area (Å²) in [5, 5.41) is 9.00. The molecule has 1 aromatic carbocycles. The number of rotatable bonds is 5. The molecular formula is C15H21NO4S. The van der Waals surface area contributed by atoms with Crippen LogP contribution in [0.2, 0.25) is 0 Å². The number of carboxylic acids is 1. The van der Waals surface area contributed by atoms with E-state index in [1.807, 2.05) is 19.9 Å². The molecule has 6 heteroatoms. The summed E-state index contributed by atoms with van der Waals surface area (Å²) in [5.74, 6) is -1.52. The normalized spacial score (nSPS) is 19.8. The van der Waals surface area contributed by atoms with Crippen molar-refractivity contribution in [3.8, 4) is 0 Å². The molecule has 1 aliphatic rings. The Morgan fingerprint density at radius 3 is 2.48 bits per heavy atom. The van der Waals surface area contributed by atoms with Gasteiger partial charge >= 0.3 is 5.97 Å². The summed E-state index contributed by atoms with van der Waals surface area (Å²) in [6.07, 6.45) is 2.03. The van der Waals surface area contributed by atoms with E-state index in [1.54, 1.807) is 12.1 Å². The van der Waals surface area contributed by atoms with Crippen molar-refractivity contribution < 1.29 is 18.3 Å². The van der Waals surface area contributed by atoms with Gasteiger partial charge in [-0.2, -0.15) is 4.31 Å². The lowest BCUT2D eigenvalue weighted by atomic mass is 10.0. The lowest BCUT2D eigenvalue weighted by Gasteiger charge is -2.17. The molecule has 1 saturated heterocycles. The summed E-state index contributed by atoms with van der Waals surface area (Å²) < 4.78 is 26.5. The first-order valence-electron chi connectivity index (χ1n) is 7.24. The van der Waals surface area contributed by atoms with Crippen molar-refractivity contribution in [1.29, 1.82) is 0 Å². The Bertz CT molecular complexity index is 639. The fourth-order valence-corrected chi connectivity index (χ4v) is 4.29. The molecule has 1 unspecified atom stereocenters. The van der Waals surface area contributed by atoms with E-state index < -0.39 is 21.9 Å². The fraction of sp³-hybridized carbons (Fsp3) is 0.533. The number of aryl methyl sites for hydroxylation is 2. The molecule has 1 aliphatic heterocycles. The van der Waals surface area contributed by atoms with Gasteiger partial charge in [0.2, 0.25) is 10.0 Å². The van der Waals surface area contributed by atoms with Crippen LogP contribution in [0.25, 0.3) is 0 Å². The van der Waals surface area contributed by atoms with Crippen molar-refractivity contribution in [2.75, 3.05) is 13.1 Å². The number of hydrogen-bond donors (Lipinski definition) is 1. The number of benzene rings is 1. The van der Waals surface area contributed by atoms with Gasteiger partial charge < -0.3 is 5.11 Å². The van der Waals surface area contributed by atoms with Gasteiger partial charge in [0, 0.05) is 13.1 Å². The average Bonchev–Trinajstić information content (AvgIpc) is 2.97. The van der Waals surface area contributed by atoms with Crippen LogP contribution >= 0.6 is 0 Å². The van der Waals surface area contributed by atoms with Crippen LogP contribution in [0, 0.1) is 5.92 Å². The second-order valence-electron chi connectivity index (χ2n) is 5.32. The van der Waals surface area contributed by atoms with Crippen molar-refractivity contribution >= 4 is 16.0 Å². The summed E-state index contributed by atoms with van der Waals surface area (Å²) in [5.41, 5.74) is 2.19. The Morgan fingerprint density at radius 2 is 1.95 bits per heavy atom. The Balaban J connectivity index is 2.30. The van der Waals surface area contributed by atoms with Crippen LogP contribution in [0.3, 0.4) is 0 Å². The Kier molecular flexibility index (Phi) is 4.68. The molecule has 0 saturated carbocycles. The summed E-state index contributed by atoms with van der Waals surface area (Å²) in [7, 11) is -3.59. The largest absolute Gasteiger partial charge is 0.481 e. The van der Waals surface area contributed by atoms with Crippen LogP contribution in [0.1, 0.15) is 31.4 Å². The third-order valence-corrected chi connectivity index (χ3v) is 5.94. The van der Waals surface area contributed by atoms with Crippen LogP contribution in [0.5, 0.6) is 0 Å². The molecule has 1 N–H and O–H groups in total. The molecule has 0 spiro atoms. The zero-order chi connectivity index (χ0) is 15.6. The molecule has 0 radical (unpaired) electrons. The van der Waals surface area contributed by atoms with Gasteiger partial charge in [0.15, 0.2) is 0 Å². The maximum Gasteiger partial charge on any atom is 0.307 e. The lowest BCUT2D eigenvalue weighted by molar-refractivity contribution is -0.141. The molecule has 0 amide bonds. The topological polar surface area (TPSA) is 74.7 Å². The van der Waals surface area contributed by atoms with Crippen LogP contribution in [0.15, 0.2) is 23.1 Å². The summed E-state index contributed by atoms with van der Waals surface area (Å²) in [6.45, 7) is 4.38. The van der Waals surface area contributed by atoms with E-state index in [0.29, 0.717) is 6.42 Å². The molecule has 0 bridgehead atoms. The summed E-state index contributed by atoms with van der Waals surface area (Å²) in [4.78, 5) is 11.2. The highest BCUT2D eigenvalue weighted by atomic mass is 32.2. The first kappa shape index (κ1) is 16.0. The molecule has 1 atom stereocenters. The zero-order valence-electron chi connectivity index (χ0n) is 12.4. The Labute approximate surface area is 125 Å². The van der Waals surface area contributed by atoms with Crippen LogP contribution in [-0.4, -0.2) is 36.9 Å². The van der Waals surface area contributed by atoms with Gasteiger partial charge in [0.1, 0.15) is 0 Å². The highest BCUT2D eigenvalue weighted by Gasteiger charge is 2.35. The number of nitrogens with zero attached hydrogens (tertiary/aromatic N) is 1. The molecular weight excluding hydrogens is 290 g/mol. The molecule has 0 aromatic heterocycles. The number of carbonyl (C=O) groups is 1. The SMILES string of the molecule is CCc1ccc(S(=O)(=O)N2CCC(C(=O)O)C2)cc1CC. The first-order chi connectivity index (χ1) is 9.90. The Morgan fingerprint density at radius 1 is 1.29 bits per heavy atom. The number of hydrogen-bond acceptors (Lipinski definition) is 3. The van der Waals surface area contributed by atoms with Crippen LogP contribution in [0.4, 0.5) is 0 Å². The molecule has 0 aliphatic carbocycles. The minimum Gasteiger partial charge on any atom is -0.481 e. The van der Waals surface area contributed by atoms with Crippen molar-refractivity contribution in [2.45, 2.75) is 38.0 Å². The monoisotopic (exact) mass is 311 g/mol. The molecule has 2 rings (SSSR count). The number of carboxylic acid groups (broad SMARTS) is 1. The number of sulfonamides is 1. The van der Waals surface area contributed by atoms with Crippen LogP contribution < -0.4 is 0 Å². The fourth-order valence-electron chi connectivity index (χ4n) is 2.73. The molecule has 1 fully saturated rings. The van der Waals surface area contributed by atoms with E-state index in [2.05, 4.69) is 0 Å². The van der Waals surface area contributed by atoms with E-state index >= 15 is 0 Å². The molecule has 1 heterocycles. The highest BCUT2D eigenvalue weighted by Crippen LogP contribution is 2.26. The van der Waals surface area contributed by atoms with Gasteiger partial charge in [-0.05, 0) is 42.5 Å². The molecule has 116 valence electrons. The maximum absolute atomic E-state index is 12.6. The predicted octanol–water partition coefficient (Wildman–Crippen LogP) is 1.91. The van der Waals surface area contributed by atoms with Gasteiger partial charge in [0.05, 0.1) is 10.8 Å².